The molecule has 0 saturated heterocycles. The maximum absolute atomic E-state index is 12.4. The summed E-state index contributed by atoms with van der Waals surface area (Å²) in [5, 5.41) is 5.17. The van der Waals surface area contributed by atoms with Gasteiger partial charge in [-0.25, -0.2) is 4.98 Å². The Balaban J connectivity index is 1.40. The molecule has 170 valence electrons. The maximum Gasteiger partial charge on any atom is 0.248 e. The highest BCUT2D eigenvalue weighted by atomic mass is 32.1. The van der Waals surface area contributed by atoms with Gasteiger partial charge in [0.15, 0.2) is 5.13 Å². The van der Waals surface area contributed by atoms with E-state index in [1.54, 1.807) is 46.9 Å². The van der Waals surface area contributed by atoms with E-state index in [2.05, 4.69) is 15.3 Å². The normalized spacial score (nSPS) is 10.8. The first-order chi connectivity index (χ1) is 16.5. The van der Waals surface area contributed by atoms with Crippen LogP contribution in [-0.4, -0.2) is 21.8 Å². The van der Waals surface area contributed by atoms with Gasteiger partial charge in [0, 0.05) is 30.3 Å². The highest BCUT2D eigenvalue weighted by molar-refractivity contribution is 7.14. The van der Waals surface area contributed by atoms with Crippen LogP contribution in [0.3, 0.4) is 0 Å². The summed E-state index contributed by atoms with van der Waals surface area (Å²) in [5.41, 5.74) is 2.86. The number of amides is 2. The van der Waals surface area contributed by atoms with Crippen LogP contribution < -0.4 is 15.0 Å². The molecule has 34 heavy (non-hydrogen) atoms. The first-order valence-electron chi connectivity index (χ1n) is 10.5. The molecule has 1 N–H and O–H groups in total. The summed E-state index contributed by atoms with van der Waals surface area (Å²) < 4.78 is 5.82. The number of ether oxygens (including phenoxy) is 1. The summed E-state index contributed by atoms with van der Waals surface area (Å²) >= 11 is 1.33. The number of carbonyl (C=O) groups is 2. The molecule has 0 atom stereocenters. The van der Waals surface area contributed by atoms with Crippen LogP contribution in [0.25, 0.3) is 6.08 Å². The van der Waals surface area contributed by atoms with Gasteiger partial charge in [0.1, 0.15) is 11.5 Å². The maximum atomic E-state index is 12.4. The molecule has 2 aromatic heterocycles. The number of nitrogens with zero attached hydrogens (tertiary/aromatic N) is 3. The van der Waals surface area contributed by atoms with Gasteiger partial charge in [0.2, 0.25) is 11.8 Å². The second kappa shape index (κ2) is 10.5. The molecule has 4 rings (SSSR count). The zero-order valence-corrected chi connectivity index (χ0v) is 19.5. The van der Waals surface area contributed by atoms with E-state index in [1.807, 2.05) is 49.4 Å². The molecule has 0 fully saturated rings. The summed E-state index contributed by atoms with van der Waals surface area (Å²) in [6.07, 6.45) is 6.35. The van der Waals surface area contributed by atoms with E-state index in [4.69, 9.17) is 4.74 Å². The highest BCUT2D eigenvalue weighted by Gasteiger charge is 2.17. The molecule has 2 aromatic carbocycles. The van der Waals surface area contributed by atoms with E-state index < -0.39 is 0 Å². The van der Waals surface area contributed by atoms with Gasteiger partial charge in [-0.1, -0.05) is 18.2 Å². The molecule has 0 aliphatic rings. The minimum atomic E-state index is -0.290. The lowest BCUT2D eigenvalue weighted by Crippen LogP contribution is -2.22. The Morgan fingerprint density at radius 1 is 1.09 bits per heavy atom. The minimum Gasteiger partial charge on any atom is -0.455 e. The lowest BCUT2D eigenvalue weighted by molar-refractivity contribution is -0.116. The molecule has 0 spiro atoms. The number of carbonyl (C=O) groups excluding carboxylic acids is 2. The summed E-state index contributed by atoms with van der Waals surface area (Å²) in [4.78, 5) is 34.7. The van der Waals surface area contributed by atoms with Gasteiger partial charge in [-0.15, -0.1) is 11.3 Å². The van der Waals surface area contributed by atoms with Crippen LogP contribution in [0.1, 0.15) is 18.2 Å². The average molecular weight is 471 g/mol. The lowest BCUT2D eigenvalue weighted by atomic mass is 10.2. The van der Waals surface area contributed by atoms with Crippen LogP contribution >= 0.6 is 11.3 Å². The van der Waals surface area contributed by atoms with Crippen molar-refractivity contribution < 1.29 is 14.3 Å². The molecular weight excluding hydrogens is 448 g/mol. The van der Waals surface area contributed by atoms with Crippen LogP contribution in [0, 0.1) is 6.92 Å². The predicted molar refractivity (Wildman–Crippen MR) is 135 cm³/mol. The van der Waals surface area contributed by atoms with Gasteiger partial charge in [-0.05, 0) is 61.0 Å². The summed E-state index contributed by atoms with van der Waals surface area (Å²) in [7, 11) is 0. The minimum absolute atomic E-state index is 0.139. The Morgan fingerprint density at radius 2 is 1.91 bits per heavy atom. The van der Waals surface area contributed by atoms with E-state index >= 15 is 0 Å². The standard InChI is InChI=1S/C26H22N4O3S/c1-18-15-20(10-12-24(18)33-23-9-6-14-27-16-23)28-25(32)13-11-21-17-34-26(29-21)30(19(2)31)22-7-4-3-5-8-22/h3-17H,1-2H3,(H,28,32). The monoisotopic (exact) mass is 470 g/mol. The van der Waals surface area contributed by atoms with Gasteiger partial charge in [-0.2, -0.15) is 0 Å². The molecule has 2 heterocycles. The Morgan fingerprint density at radius 3 is 2.62 bits per heavy atom. The van der Waals surface area contributed by atoms with Gasteiger partial charge < -0.3 is 10.1 Å². The van der Waals surface area contributed by atoms with Gasteiger partial charge in [0.25, 0.3) is 0 Å². The molecule has 0 radical (unpaired) electrons. The van der Waals surface area contributed by atoms with Gasteiger partial charge in [0.05, 0.1) is 17.6 Å². The summed E-state index contributed by atoms with van der Waals surface area (Å²) in [6, 6.07) is 18.4. The zero-order chi connectivity index (χ0) is 23.9. The van der Waals surface area contributed by atoms with Crippen molar-refractivity contribution in [2.24, 2.45) is 0 Å². The van der Waals surface area contributed by atoms with Crippen molar-refractivity contribution in [2.75, 3.05) is 10.2 Å². The molecule has 2 amide bonds. The average Bonchev–Trinajstić information content (AvgIpc) is 3.29. The van der Waals surface area contributed by atoms with Crippen LogP contribution in [0.4, 0.5) is 16.5 Å². The molecule has 0 saturated carbocycles. The molecule has 4 aromatic rings. The van der Waals surface area contributed by atoms with Crippen molar-refractivity contribution in [3.05, 3.63) is 95.8 Å². The van der Waals surface area contributed by atoms with Crippen molar-refractivity contribution in [2.45, 2.75) is 13.8 Å². The molecule has 0 aliphatic carbocycles. The second-order valence-corrected chi connectivity index (χ2v) is 8.18. The molecule has 0 bridgehead atoms. The SMILES string of the molecule is CC(=O)N(c1ccccc1)c1nc(C=CC(=O)Nc2ccc(Oc3cccnc3)c(C)c2)cs1. The number of para-hydroxylation sites is 1. The quantitative estimate of drug-likeness (QED) is 0.336. The Hall–Kier alpha value is -4.30. The van der Waals surface area contributed by atoms with E-state index in [1.165, 1.54) is 24.3 Å². The zero-order valence-electron chi connectivity index (χ0n) is 18.6. The van der Waals surface area contributed by atoms with E-state index in [0.717, 1.165) is 11.3 Å². The van der Waals surface area contributed by atoms with Crippen molar-refractivity contribution >= 4 is 45.7 Å². The predicted octanol–water partition coefficient (Wildman–Crippen LogP) is 5.98. The number of hydrogen-bond acceptors (Lipinski definition) is 6. The van der Waals surface area contributed by atoms with Crippen LogP contribution in [0.5, 0.6) is 11.5 Å². The third-order valence-corrected chi connectivity index (χ3v) is 5.58. The topological polar surface area (TPSA) is 84.4 Å². The number of anilines is 3. The lowest BCUT2D eigenvalue weighted by Gasteiger charge is -2.17. The fourth-order valence-corrected chi connectivity index (χ4v) is 4.04. The van der Waals surface area contributed by atoms with Crippen molar-refractivity contribution in [1.82, 2.24) is 9.97 Å². The third kappa shape index (κ3) is 5.73. The fourth-order valence-electron chi connectivity index (χ4n) is 3.18. The van der Waals surface area contributed by atoms with Crippen molar-refractivity contribution in [3.8, 4) is 11.5 Å². The van der Waals surface area contributed by atoms with Gasteiger partial charge in [-0.3, -0.25) is 19.5 Å². The number of thiazole rings is 1. The van der Waals surface area contributed by atoms with E-state index in [-0.39, 0.29) is 11.8 Å². The Bertz CT molecular complexity index is 1320. The van der Waals surface area contributed by atoms with Crippen LogP contribution in [-0.2, 0) is 9.59 Å². The highest BCUT2D eigenvalue weighted by Crippen LogP contribution is 2.29. The number of hydrogen-bond donors (Lipinski definition) is 1. The number of pyridine rings is 1. The van der Waals surface area contributed by atoms with Gasteiger partial charge >= 0.3 is 0 Å². The molecule has 7 nitrogen and oxygen atoms in total. The first kappa shape index (κ1) is 22.9. The number of nitrogens with one attached hydrogen (secondary N) is 1. The van der Waals surface area contributed by atoms with E-state index in [0.29, 0.717) is 28.0 Å². The number of benzene rings is 2. The second-order valence-electron chi connectivity index (χ2n) is 7.34. The number of aromatic nitrogens is 2. The number of aryl methyl sites for hydroxylation is 1. The smallest absolute Gasteiger partial charge is 0.248 e. The van der Waals surface area contributed by atoms with Crippen molar-refractivity contribution in [1.29, 1.82) is 0 Å². The first-order valence-corrected chi connectivity index (χ1v) is 11.4. The Labute approximate surface area is 201 Å². The molecule has 0 aliphatic heterocycles. The van der Waals surface area contributed by atoms with Crippen LogP contribution in [0.15, 0.2) is 84.5 Å². The molecule has 8 heteroatoms. The molecule has 0 unspecified atom stereocenters. The summed E-state index contributed by atoms with van der Waals surface area (Å²) in [6.45, 7) is 3.40. The van der Waals surface area contributed by atoms with Crippen molar-refractivity contribution in [3.63, 3.8) is 0 Å². The number of rotatable bonds is 7. The van der Waals surface area contributed by atoms with Crippen LogP contribution in [0.2, 0.25) is 0 Å². The fraction of sp³-hybridized carbons (Fsp3) is 0.0769. The largest absolute Gasteiger partial charge is 0.455 e. The molecular formula is C26H22N4O3S. The Kier molecular flexibility index (Phi) is 7.10. The summed E-state index contributed by atoms with van der Waals surface area (Å²) in [5.74, 6) is 0.898. The third-order valence-electron chi connectivity index (χ3n) is 4.74. The van der Waals surface area contributed by atoms with E-state index in [9.17, 15) is 9.59 Å².